The highest BCUT2D eigenvalue weighted by atomic mass is 79.9. The van der Waals surface area contributed by atoms with Gasteiger partial charge in [0.2, 0.25) is 0 Å². The molecule has 2 aromatic rings. The summed E-state index contributed by atoms with van der Waals surface area (Å²) in [7, 11) is 1.54. The minimum absolute atomic E-state index is 0.0784. The molecule has 0 saturated carbocycles. The number of nitrogens with one attached hydrogen (secondary N) is 1. The van der Waals surface area contributed by atoms with Gasteiger partial charge in [0.1, 0.15) is 6.61 Å². The summed E-state index contributed by atoms with van der Waals surface area (Å²) in [6.45, 7) is 0.0784. The van der Waals surface area contributed by atoms with Gasteiger partial charge in [-0.15, -0.1) is 6.42 Å². The Bertz CT molecular complexity index is 1030. The number of carbonyl (C=O) groups is 1. The van der Waals surface area contributed by atoms with Crippen LogP contribution in [0, 0.1) is 12.3 Å². The Balaban J connectivity index is 1.94. The van der Waals surface area contributed by atoms with Crippen molar-refractivity contribution in [2.75, 3.05) is 13.7 Å². The molecule has 0 aliphatic carbocycles. The number of thioether (sulfide) groups is 1. The number of hydrogen-bond acceptors (Lipinski definition) is 5. The van der Waals surface area contributed by atoms with Gasteiger partial charge >= 0.3 is 0 Å². The number of amidine groups is 1. The Morgan fingerprint density at radius 2 is 2.21 bits per heavy atom. The molecule has 0 spiro atoms. The van der Waals surface area contributed by atoms with Crippen LogP contribution in [0.4, 0.5) is 5.69 Å². The summed E-state index contributed by atoms with van der Waals surface area (Å²) in [5, 5.41) is 3.78. The number of carbonyl (C=O) groups excluding carboxylic acids is 1. The Hall–Kier alpha value is -2.40. The van der Waals surface area contributed by atoms with Crippen LogP contribution in [0.25, 0.3) is 6.08 Å². The van der Waals surface area contributed by atoms with E-state index in [1.54, 1.807) is 36.4 Å². The topological polar surface area (TPSA) is 59.9 Å². The molecule has 8 heteroatoms. The molecule has 1 aliphatic heterocycles. The van der Waals surface area contributed by atoms with Gasteiger partial charge in [0.15, 0.2) is 16.7 Å². The van der Waals surface area contributed by atoms with Gasteiger partial charge < -0.3 is 14.8 Å². The molecule has 1 aliphatic rings. The molecular weight excluding hydrogens is 464 g/mol. The van der Waals surface area contributed by atoms with Gasteiger partial charge in [-0.25, -0.2) is 4.99 Å². The van der Waals surface area contributed by atoms with Crippen molar-refractivity contribution in [3.63, 3.8) is 0 Å². The molecule has 142 valence electrons. The van der Waals surface area contributed by atoms with Crippen LogP contribution in [-0.2, 0) is 4.79 Å². The first-order valence-corrected chi connectivity index (χ1v) is 9.98. The number of rotatable bonds is 5. The lowest BCUT2D eigenvalue weighted by molar-refractivity contribution is -0.115. The lowest BCUT2D eigenvalue weighted by Crippen LogP contribution is -2.19. The van der Waals surface area contributed by atoms with E-state index in [1.165, 1.54) is 18.9 Å². The van der Waals surface area contributed by atoms with Crippen LogP contribution in [0.1, 0.15) is 5.56 Å². The maximum absolute atomic E-state index is 12.4. The molecule has 28 heavy (non-hydrogen) atoms. The van der Waals surface area contributed by atoms with E-state index in [9.17, 15) is 4.79 Å². The van der Waals surface area contributed by atoms with Crippen molar-refractivity contribution in [2.24, 2.45) is 4.99 Å². The SMILES string of the molecule is C#CCOc1c(/C=C2\SC(=Nc3cccc(Cl)c3)NC2=O)cc(Br)cc1OC. The third-order valence-corrected chi connectivity index (χ3v) is 5.15. The summed E-state index contributed by atoms with van der Waals surface area (Å²) in [5.74, 6) is 3.14. The average Bonchev–Trinajstić information content (AvgIpc) is 2.99. The number of nitrogens with zero attached hydrogens (tertiary/aromatic N) is 1. The molecule has 5 nitrogen and oxygen atoms in total. The number of hydrogen-bond donors (Lipinski definition) is 1. The van der Waals surface area contributed by atoms with Crippen LogP contribution in [0.15, 0.2) is 50.8 Å². The number of terminal acetylenes is 1. The van der Waals surface area contributed by atoms with Gasteiger partial charge in [-0.05, 0) is 48.2 Å². The fraction of sp³-hybridized carbons (Fsp3) is 0.100. The molecule has 1 heterocycles. The predicted octanol–water partition coefficient (Wildman–Crippen LogP) is 5.01. The number of halogens is 2. The summed E-state index contributed by atoms with van der Waals surface area (Å²) in [4.78, 5) is 17.3. The molecule has 2 aromatic carbocycles. The van der Waals surface area contributed by atoms with Crippen molar-refractivity contribution in [1.82, 2.24) is 5.32 Å². The van der Waals surface area contributed by atoms with E-state index < -0.39 is 0 Å². The minimum Gasteiger partial charge on any atom is -0.493 e. The zero-order chi connectivity index (χ0) is 20.1. The van der Waals surface area contributed by atoms with E-state index in [0.29, 0.717) is 37.8 Å². The molecule has 0 unspecified atom stereocenters. The summed E-state index contributed by atoms with van der Waals surface area (Å²) in [6, 6.07) is 10.7. The lowest BCUT2D eigenvalue weighted by atomic mass is 10.1. The highest BCUT2D eigenvalue weighted by Crippen LogP contribution is 2.38. The highest BCUT2D eigenvalue weighted by Gasteiger charge is 2.25. The van der Waals surface area contributed by atoms with E-state index in [1.807, 2.05) is 6.07 Å². The first-order chi connectivity index (χ1) is 13.5. The van der Waals surface area contributed by atoms with Gasteiger partial charge in [-0.2, -0.15) is 0 Å². The van der Waals surface area contributed by atoms with E-state index in [4.69, 9.17) is 27.5 Å². The summed E-state index contributed by atoms with van der Waals surface area (Å²) < 4.78 is 11.8. The molecule has 1 saturated heterocycles. The summed E-state index contributed by atoms with van der Waals surface area (Å²) in [6.07, 6.45) is 7.01. The zero-order valence-corrected chi connectivity index (χ0v) is 17.8. The van der Waals surface area contributed by atoms with E-state index in [-0.39, 0.29) is 12.5 Å². The van der Waals surface area contributed by atoms with Gasteiger partial charge in [0.05, 0.1) is 17.7 Å². The average molecular weight is 478 g/mol. The second kappa shape index (κ2) is 9.20. The zero-order valence-electron chi connectivity index (χ0n) is 14.7. The van der Waals surface area contributed by atoms with E-state index >= 15 is 0 Å². The molecule has 1 N–H and O–H groups in total. The van der Waals surface area contributed by atoms with Gasteiger partial charge in [-0.3, -0.25) is 4.79 Å². The van der Waals surface area contributed by atoms with Crippen molar-refractivity contribution < 1.29 is 14.3 Å². The second-order valence-corrected chi connectivity index (χ2v) is 7.86. The standard InChI is InChI=1S/C20H14BrClN2O3S/c1-3-7-27-18-12(8-13(21)10-16(18)26-2)9-17-19(25)24-20(28-17)23-15-6-4-5-14(22)11-15/h1,4-6,8-11H,7H2,2H3,(H,23,24,25)/b17-9-. The number of methoxy groups -OCH3 is 1. The molecule has 0 bridgehead atoms. The third-order valence-electron chi connectivity index (χ3n) is 3.54. The van der Waals surface area contributed by atoms with Crippen molar-refractivity contribution in [2.45, 2.75) is 0 Å². The molecular formula is C20H14BrClN2O3S. The fourth-order valence-electron chi connectivity index (χ4n) is 2.40. The van der Waals surface area contributed by atoms with Crippen molar-refractivity contribution in [1.29, 1.82) is 0 Å². The van der Waals surface area contributed by atoms with E-state index in [2.05, 4.69) is 32.2 Å². The molecule has 3 rings (SSSR count). The summed E-state index contributed by atoms with van der Waals surface area (Å²) in [5.41, 5.74) is 1.31. The Labute approximate surface area is 180 Å². The molecule has 0 radical (unpaired) electrons. The second-order valence-electron chi connectivity index (χ2n) is 5.48. The van der Waals surface area contributed by atoms with E-state index in [0.717, 1.165) is 4.47 Å². The number of ether oxygens (including phenoxy) is 2. The van der Waals surface area contributed by atoms with Gasteiger partial charge in [0.25, 0.3) is 5.91 Å². The molecule has 1 amide bonds. The largest absolute Gasteiger partial charge is 0.493 e. The maximum atomic E-state index is 12.4. The molecule has 0 aromatic heterocycles. The first kappa shape index (κ1) is 20.3. The maximum Gasteiger partial charge on any atom is 0.264 e. The molecule has 0 atom stereocenters. The Morgan fingerprint density at radius 1 is 1.39 bits per heavy atom. The van der Waals surface area contributed by atoms with Crippen LogP contribution in [0.5, 0.6) is 11.5 Å². The summed E-state index contributed by atoms with van der Waals surface area (Å²) >= 11 is 10.6. The van der Waals surface area contributed by atoms with Crippen LogP contribution < -0.4 is 14.8 Å². The van der Waals surface area contributed by atoms with Gasteiger partial charge in [-0.1, -0.05) is 39.5 Å². The smallest absolute Gasteiger partial charge is 0.264 e. The number of amides is 1. The third kappa shape index (κ3) is 4.90. The Morgan fingerprint density at radius 3 is 2.93 bits per heavy atom. The first-order valence-electron chi connectivity index (χ1n) is 7.99. The number of aliphatic imine (C=N–C) groups is 1. The van der Waals surface area contributed by atoms with Gasteiger partial charge in [0, 0.05) is 15.1 Å². The quantitative estimate of drug-likeness (QED) is 0.485. The van der Waals surface area contributed by atoms with Crippen LogP contribution in [0.3, 0.4) is 0 Å². The van der Waals surface area contributed by atoms with Crippen LogP contribution >= 0.6 is 39.3 Å². The normalized spacial score (nSPS) is 16.1. The van der Waals surface area contributed by atoms with Crippen molar-refractivity contribution in [3.8, 4) is 23.8 Å². The monoisotopic (exact) mass is 476 g/mol. The number of benzene rings is 2. The van der Waals surface area contributed by atoms with Crippen LogP contribution in [-0.4, -0.2) is 24.8 Å². The van der Waals surface area contributed by atoms with Crippen LogP contribution in [0.2, 0.25) is 5.02 Å². The highest BCUT2D eigenvalue weighted by molar-refractivity contribution is 9.10. The van der Waals surface area contributed by atoms with Crippen molar-refractivity contribution >= 4 is 62.1 Å². The molecule has 1 fully saturated rings. The predicted molar refractivity (Wildman–Crippen MR) is 117 cm³/mol. The minimum atomic E-state index is -0.257. The fourth-order valence-corrected chi connectivity index (χ4v) is 3.87. The lowest BCUT2D eigenvalue weighted by Gasteiger charge is -2.12. The Kier molecular flexibility index (Phi) is 6.68. The van der Waals surface area contributed by atoms with Crippen molar-refractivity contribution in [3.05, 3.63) is 56.4 Å².